The maximum atomic E-state index is 12.2. The first kappa shape index (κ1) is 24.0. The Hall–Kier alpha value is -0.0425. The van der Waals surface area contributed by atoms with E-state index in [0.29, 0.717) is 12.2 Å². The van der Waals surface area contributed by atoms with Crippen LogP contribution in [-0.2, 0) is 21.9 Å². The molecule has 0 N–H and O–H groups in total. The van der Waals surface area contributed by atoms with E-state index in [-0.39, 0.29) is 5.97 Å². The van der Waals surface area contributed by atoms with Crippen LogP contribution in [0.5, 0.6) is 0 Å². The zero-order valence-corrected chi connectivity index (χ0v) is 21.0. The average molecular weight is 408 g/mol. The van der Waals surface area contributed by atoms with E-state index < -0.39 is 34.5 Å². The average Bonchev–Trinajstić information content (AvgIpc) is 2.29. The summed E-state index contributed by atoms with van der Waals surface area (Å²) in [7, 11) is -8.02. The van der Waals surface area contributed by atoms with Crippen LogP contribution in [0.1, 0.15) is 20.3 Å². The lowest BCUT2D eigenvalue weighted by molar-refractivity contribution is -0.139. The first-order valence-corrected chi connectivity index (χ1v) is 19.5. The van der Waals surface area contributed by atoms with E-state index in [1.165, 1.54) is 0 Å². The maximum Gasteiger partial charge on any atom is 0.498 e. The normalized spacial score (nSPS) is 14.2. The van der Waals surface area contributed by atoms with Crippen molar-refractivity contribution in [2.45, 2.75) is 72.6 Å². The van der Waals surface area contributed by atoms with E-state index in [1.807, 2.05) is 6.92 Å². The van der Waals surface area contributed by atoms with Crippen LogP contribution < -0.4 is 0 Å². The molecule has 0 aliphatic carbocycles. The molecule has 1 radical (unpaired) electrons. The number of hydrogen-bond acceptors (Lipinski definition) is 5. The Labute approximate surface area is 153 Å². The highest BCUT2D eigenvalue weighted by Gasteiger charge is 2.47. The molecular formula is C15H35O5Si4. The summed E-state index contributed by atoms with van der Waals surface area (Å²) in [5.41, 5.74) is 2.31. The molecule has 5 nitrogen and oxygen atoms in total. The summed E-state index contributed by atoms with van der Waals surface area (Å²) in [6, 6.07) is 0. The summed E-state index contributed by atoms with van der Waals surface area (Å²) in [4.78, 5) is 12.2. The van der Waals surface area contributed by atoms with Crippen molar-refractivity contribution in [1.82, 2.24) is 0 Å². The molecule has 0 unspecified atom stereocenters. The van der Waals surface area contributed by atoms with Crippen LogP contribution >= 0.6 is 0 Å². The fraction of sp³-hybridized carbons (Fsp3) is 0.800. The lowest BCUT2D eigenvalue weighted by atomic mass is 10.4. The molecular weight excluding hydrogens is 373 g/mol. The number of carbonyl (C=O) groups is 1. The summed E-state index contributed by atoms with van der Waals surface area (Å²) in [6.45, 7) is 20.9. The predicted octanol–water partition coefficient (Wildman–Crippen LogP) is 4.33. The van der Waals surface area contributed by atoms with Crippen molar-refractivity contribution in [2.75, 3.05) is 6.61 Å². The number of hydrogen-bond donors (Lipinski definition) is 0. The van der Waals surface area contributed by atoms with Gasteiger partial charge in [-0.3, -0.25) is 0 Å². The van der Waals surface area contributed by atoms with Gasteiger partial charge in [0.2, 0.25) is 0 Å². The highest BCUT2D eigenvalue weighted by atomic mass is 28.5. The maximum absolute atomic E-state index is 12.2. The molecule has 0 bridgehead atoms. The van der Waals surface area contributed by atoms with Gasteiger partial charge in [-0.15, -0.1) is 0 Å². The Kier molecular flexibility index (Phi) is 9.58. The first-order valence-electron chi connectivity index (χ1n) is 8.46. The van der Waals surface area contributed by atoms with Crippen LogP contribution in [0.3, 0.4) is 0 Å². The second-order valence-electron chi connectivity index (χ2n) is 8.01. The molecule has 0 aliphatic rings. The van der Waals surface area contributed by atoms with Crippen molar-refractivity contribution in [3.05, 3.63) is 11.3 Å². The molecule has 0 spiro atoms. The SMILES string of the molecule is CCCOC(=O)/C(C)=C/[Si](O[Si](C)C)(O[Si](C)(C)C)O[Si](C)(C)C. The van der Waals surface area contributed by atoms with Gasteiger partial charge < -0.3 is 17.1 Å². The van der Waals surface area contributed by atoms with Crippen LogP contribution in [0, 0.1) is 0 Å². The van der Waals surface area contributed by atoms with Gasteiger partial charge in [0.15, 0.2) is 25.7 Å². The zero-order chi connectivity index (χ0) is 19.2. The minimum Gasteiger partial charge on any atom is -0.462 e. The number of carbonyl (C=O) groups excluding carboxylic acids is 1. The predicted molar refractivity (Wildman–Crippen MR) is 108 cm³/mol. The Morgan fingerprint density at radius 1 is 1.00 bits per heavy atom. The smallest absolute Gasteiger partial charge is 0.462 e. The van der Waals surface area contributed by atoms with Crippen LogP contribution in [0.2, 0.25) is 52.4 Å². The van der Waals surface area contributed by atoms with E-state index in [0.717, 1.165) is 6.42 Å². The number of ether oxygens (including phenoxy) is 1. The molecule has 0 heterocycles. The molecule has 24 heavy (non-hydrogen) atoms. The topological polar surface area (TPSA) is 54.0 Å². The van der Waals surface area contributed by atoms with E-state index >= 15 is 0 Å². The van der Waals surface area contributed by atoms with Crippen LogP contribution in [-0.4, -0.2) is 47.1 Å². The summed E-state index contributed by atoms with van der Waals surface area (Å²) >= 11 is 0. The zero-order valence-electron chi connectivity index (χ0n) is 17.0. The number of rotatable bonds is 10. The van der Waals surface area contributed by atoms with E-state index in [2.05, 4.69) is 52.4 Å². The molecule has 0 rings (SSSR count). The largest absolute Gasteiger partial charge is 0.498 e. The lowest BCUT2D eigenvalue weighted by Crippen LogP contribution is -2.57. The minimum atomic E-state index is -3.09. The molecule has 9 heteroatoms. The van der Waals surface area contributed by atoms with Gasteiger partial charge in [0, 0.05) is 5.57 Å². The Morgan fingerprint density at radius 3 is 1.79 bits per heavy atom. The summed E-state index contributed by atoms with van der Waals surface area (Å²) in [5, 5.41) is 0. The second-order valence-corrected chi connectivity index (χ2v) is 22.2. The van der Waals surface area contributed by atoms with E-state index in [1.54, 1.807) is 12.6 Å². The Bertz CT molecular complexity index is 422. The summed E-state index contributed by atoms with van der Waals surface area (Å²) in [5.74, 6) is -0.323. The third kappa shape index (κ3) is 10.7. The third-order valence-electron chi connectivity index (χ3n) is 2.40. The van der Waals surface area contributed by atoms with Gasteiger partial charge in [0.25, 0.3) is 0 Å². The van der Waals surface area contributed by atoms with Gasteiger partial charge in [0.1, 0.15) is 0 Å². The highest BCUT2D eigenvalue weighted by molar-refractivity contribution is 6.90. The van der Waals surface area contributed by atoms with Gasteiger partial charge in [-0.2, -0.15) is 0 Å². The van der Waals surface area contributed by atoms with Crippen molar-refractivity contribution in [2.24, 2.45) is 0 Å². The molecule has 0 amide bonds. The van der Waals surface area contributed by atoms with Crippen molar-refractivity contribution in [1.29, 1.82) is 0 Å². The van der Waals surface area contributed by atoms with Gasteiger partial charge >= 0.3 is 14.8 Å². The monoisotopic (exact) mass is 407 g/mol. The minimum absolute atomic E-state index is 0.323. The first-order chi connectivity index (χ1) is 10.7. The molecule has 0 atom stereocenters. The molecule has 0 saturated carbocycles. The quantitative estimate of drug-likeness (QED) is 0.306. The van der Waals surface area contributed by atoms with Crippen molar-refractivity contribution in [3.63, 3.8) is 0 Å². The van der Waals surface area contributed by atoms with Gasteiger partial charge in [-0.25, -0.2) is 4.79 Å². The molecule has 0 aromatic heterocycles. The van der Waals surface area contributed by atoms with Crippen molar-refractivity contribution in [3.8, 4) is 0 Å². The molecule has 0 aromatic carbocycles. The Balaban J connectivity index is 5.81. The molecule has 141 valence electrons. The lowest BCUT2D eigenvalue weighted by Gasteiger charge is -2.39. The molecule has 0 aromatic rings. The molecule has 0 saturated heterocycles. The van der Waals surface area contributed by atoms with Crippen LogP contribution in [0.4, 0.5) is 0 Å². The van der Waals surface area contributed by atoms with Gasteiger partial charge in [0.05, 0.1) is 6.61 Å². The van der Waals surface area contributed by atoms with Crippen molar-refractivity contribution >= 4 is 40.4 Å². The van der Waals surface area contributed by atoms with Gasteiger partial charge in [-0.05, 0) is 71.4 Å². The van der Waals surface area contributed by atoms with Crippen molar-refractivity contribution < 1.29 is 21.9 Å². The second kappa shape index (κ2) is 9.60. The fourth-order valence-electron chi connectivity index (χ4n) is 1.92. The Morgan fingerprint density at radius 2 is 1.46 bits per heavy atom. The molecule has 0 aliphatic heterocycles. The van der Waals surface area contributed by atoms with E-state index in [9.17, 15) is 4.79 Å². The van der Waals surface area contributed by atoms with Crippen LogP contribution in [0.15, 0.2) is 11.3 Å². The standard InChI is InChI=1S/C15H35O5Si4/c1-11-12-17-15(16)14(2)13-24(18-21(3)4,19-22(5,6)7)20-23(8,9)10/h13H,11-12H2,1-10H3/b14-13+. The highest BCUT2D eigenvalue weighted by Crippen LogP contribution is 2.25. The summed E-state index contributed by atoms with van der Waals surface area (Å²) in [6.07, 6.45) is 0.798. The third-order valence-corrected chi connectivity index (χ3v) is 13.1. The number of esters is 1. The van der Waals surface area contributed by atoms with E-state index in [4.69, 9.17) is 17.1 Å². The fourth-order valence-corrected chi connectivity index (χ4v) is 14.0. The van der Waals surface area contributed by atoms with Crippen LogP contribution in [0.25, 0.3) is 0 Å². The molecule has 0 fully saturated rings. The summed E-state index contributed by atoms with van der Waals surface area (Å²) < 4.78 is 24.4. The van der Waals surface area contributed by atoms with Gasteiger partial charge in [-0.1, -0.05) is 6.92 Å².